The zero-order valence-corrected chi connectivity index (χ0v) is 10.8. The third-order valence-corrected chi connectivity index (χ3v) is 3.31. The summed E-state index contributed by atoms with van der Waals surface area (Å²) in [5.41, 5.74) is 6.95. The van der Waals surface area contributed by atoms with E-state index in [1.165, 1.54) is 0 Å². The van der Waals surface area contributed by atoms with Crippen LogP contribution in [-0.4, -0.2) is 40.6 Å². The molecule has 0 saturated heterocycles. The molecule has 0 spiro atoms. The molecular formula is C13H19N3O2. The summed E-state index contributed by atoms with van der Waals surface area (Å²) in [5.74, 6) is 0.730. The summed E-state index contributed by atoms with van der Waals surface area (Å²) in [6.07, 6.45) is 1.39. The number of aliphatic hydroxyl groups is 1. The maximum atomic E-state index is 12.2. The minimum absolute atomic E-state index is 0.0476. The molecule has 5 nitrogen and oxygen atoms in total. The van der Waals surface area contributed by atoms with Gasteiger partial charge in [0.1, 0.15) is 5.82 Å². The first-order valence-corrected chi connectivity index (χ1v) is 6.13. The summed E-state index contributed by atoms with van der Waals surface area (Å²) in [6.45, 7) is 2.49. The standard InChI is InChI=1S/C13H19N3O2/c1-8-3-10(6-12(14)15-8)13(18)16(2)7-9-4-11(17)5-9/h3,6,9,11,17H,4-5,7H2,1-2H3,(H2,14,15). The molecule has 1 aliphatic rings. The van der Waals surface area contributed by atoms with E-state index >= 15 is 0 Å². The number of aliphatic hydroxyl groups excluding tert-OH is 1. The van der Waals surface area contributed by atoms with Crippen LogP contribution in [0.4, 0.5) is 5.82 Å². The van der Waals surface area contributed by atoms with E-state index in [0.717, 1.165) is 18.5 Å². The van der Waals surface area contributed by atoms with Gasteiger partial charge in [-0.1, -0.05) is 0 Å². The predicted octanol–water partition coefficient (Wildman–Crippen LogP) is 0.815. The molecule has 0 radical (unpaired) electrons. The summed E-state index contributed by atoms with van der Waals surface area (Å²) in [7, 11) is 1.78. The van der Waals surface area contributed by atoms with Gasteiger partial charge >= 0.3 is 0 Å². The smallest absolute Gasteiger partial charge is 0.253 e. The summed E-state index contributed by atoms with van der Waals surface area (Å²) in [6, 6.07) is 3.34. The van der Waals surface area contributed by atoms with E-state index in [4.69, 9.17) is 5.73 Å². The molecule has 0 atom stereocenters. The number of nitrogens with zero attached hydrogens (tertiary/aromatic N) is 2. The van der Waals surface area contributed by atoms with Crippen LogP contribution in [0.25, 0.3) is 0 Å². The number of aryl methyl sites for hydroxylation is 1. The lowest BCUT2D eigenvalue weighted by Crippen LogP contribution is -2.39. The van der Waals surface area contributed by atoms with E-state index in [0.29, 0.717) is 23.8 Å². The van der Waals surface area contributed by atoms with Gasteiger partial charge in [0.15, 0.2) is 0 Å². The van der Waals surface area contributed by atoms with Crippen LogP contribution in [0.5, 0.6) is 0 Å². The minimum atomic E-state index is -0.183. The molecule has 0 bridgehead atoms. The largest absolute Gasteiger partial charge is 0.393 e. The third-order valence-electron chi connectivity index (χ3n) is 3.31. The second kappa shape index (κ2) is 4.94. The molecule has 1 fully saturated rings. The second-order valence-electron chi connectivity index (χ2n) is 5.10. The number of carbonyl (C=O) groups is 1. The van der Waals surface area contributed by atoms with Crippen molar-refractivity contribution < 1.29 is 9.90 Å². The van der Waals surface area contributed by atoms with Crippen molar-refractivity contribution >= 4 is 11.7 Å². The molecule has 1 aliphatic carbocycles. The molecule has 1 heterocycles. The Kier molecular flexibility index (Phi) is 3.52. The molecule has 1 aromatic heterocycles. The van der Waals surface area contributed by atoms with Crippen molar-refractivity contribution in [3.05, 3.63) is 23.4 Å². The Morgan fingerprint density at radius 3 is 2.78 bits per heavy atom. The number of nitrogen functional groups attached to an aromatic ring is 1. The van der Waals surface area contributed by atoms with Crippen LogP contribution in [0.2, 0.25) is 0 Å². The van der Waals surface area contributed by atoms with E-state index in [9.17, 15) is 9.90 Å². The van der Waals surface area contributed by atoms with Crippen LogP contribution < -0.4 is 5.73 Å². The van der Waals surface area contributed by atoms with Crippen molar-refractivity contribution in [2.24, 2.45) is 5.92 Å². The summed E-state index contributed by atoms with van der Waals surface area (Å²) in [4.78, 5) is 17.9. The zero-order valence-electron chi connectivity index (χ0n) is 10.8. The number of anilines is 1. The van der Waals surface area contributed by atoms with Gasteiger partial charge in [-0.15, -0.1) is 0 Å². The fourth-order valence-corrected chi connectivity index (χ4v) is 2.36. The number of nitrogens with two attached hydrogens (primary N) is 1. The average molecular weight is 249 g/mol. The molecular weight excluding hydrogens is 230 g/mol. The van der Waals surface area contributed by atoms with E-state index in [2.05, 4.69) is 4.98 Å². The predicted molar refractivity (Wildman–Crippen MR) is 69.1 cm³/mol. The number of aromatic nitrogens is 1. The van der Waals surface area contributed by atoms with Gasteiger partial charge in [0.2, 0.25) is 0 Å². The molecule has 0 aliphatic heterocycles. The van der Waals surface area contributed by atoms with Crippen LogP contribution in [0, 0.1) is 12.8 Å². The van der Waals surface area contributed by atoms with Crippen molar-refractivity contribution in [2.75, 3.05) is 19.3 Å². The quantitative estimate of drug-likeness (QED) is 0.831. The van der Waals surface area contributed by atoms with Gasteiger partial charge in [-0.2, -0.15) is 0 Å². The first-order chi connectivity index (χ1) is 8.45. The monoisotopic (exact) mass is 249 g/mol. The van der Waals surface area contributed by atoms with Gasteiger partial charge in [0.25, 0.3) is 5.91 Å². The Balaban J connectivity index is 2.01. The normalized spacial score (nSPS) is 22.4. The highest BCUT2D eigenvalue weighted by molar-refractivity contribution is 5.94. The highest BCUT2D eigenvalue weighted by Gasteiger charge is 2.29. The first-order valence-electron chi connectivity index (χ1n) is 6.13. The lowest BCUT2D eigenvalue weighted by atomic mass is 9.82. The SMILES string of the molecule is Cc1cc(C(=O)N(C)CC2CC(O)C2)cc(N)n1. The van der Waals surface area contributed by atoms with Crippen molar-refractivity contribution in [1.29, 1.82) is 0 Å². The molecule has 5 heteroatoms. The fourth-order valence-electron chi connectivity index (χ4n) is 2.36. The number of amides is 1. The van der Waals surface area contributed by atoms with E-state index in [1.807, 2.05) is 6.92 Å². The average Bonchev–Trinajstić information content (AvgIpc) is 2.24. The lowest BCUT2D eigenvalue weighted by molar-refractivity contribution is 0.0265. The number of carbonyl (C=O) groups excluding carboxylic acids is 1. The van der Waals surface area contributed by atoms with Crippen LogP contribution >= 0.6 is 0 Å². The Labute approximate surface area is 107 Å². The Bertz CT molecular complexity index is 435. The highest BCUT2D eigenvalue weighted by Crippen LogP contribution is 2.27. The van der Waals surface area contributed by atoms with E-state index in [-0.39, 0.29) is 12.0 Å². The first kappa shape index (κ1) is 12.8. The topological polar surface area (TPSA) is 79.5 Å². The summed E-state index contributed by atoms with van der Waals surface area (Å²) in [5, 5.41) is 9.23. The van der Waals surface area contributed by atoms with Crippen molar-refractivity contribution in [2.45, 2.75) is 25.9 Å². The maximum Gasteiger partial charge on any atom is 0.253 e. The molecule has 2 rings (SSSR count). The lowest BCUT2D eigenvalue weighted by Gasteiger charge is -2.34. The minimum Gasteiger partial charge on any atom is -0.393 e. The molecule has 3 N–H and O–H groups in total. The van der Waals surface area contributed by atoms with Crippen molar-refractivity contribution in [3.8, 4) is 0 Å². The molecule has 0 aromatic carbocycles. The number of hydrogen-bond donors (Lipinski definition) is 2. The van der Waals surface area contributed by atoms with Crippen LogP contribution in [-0.2, 0) is 0 Å². The molecule has 18 heavy (non-hydrogen) atoms. The number of hydrogen-bond acceptors (Lipinski definition) is 4. The fraction of sp³-hybridized carbons (Fsp3) is 0.538. The van der Waals surface area contributed by atoms with Crippen LogP contribution in [0.1, 0.15) is 28.9 Å². The molecule has 1 saturated carbocycles. The number of rotatable bonds is 3. The molecule has 0 unspecified atom stereocenters. The Morgan fingerprint density at radius 1 is 1.56 bits per heavy atom. The second-order valence-corrected chi connectivity index (χ2v) is 5.10. The van der Waals surface area contributed by atoms with Gasteiger partial charge < -0.3 is 15.7 Å². The zero-order chi connectivity index (χ0) is 13.3. The van der Waals surface area contributed by atoms with Crippen LogP contribution in [0.15, 0.2) is 12.1 Å². The van der Waals surface area contributed by atoms with Crippen molar-refractivity contribution in [3.63, 3.8) is 0 Å². The summed E-state index contributed by atoms with van der Waals surface area (Å²) < 4.78 is 0. The number of pyridine rings is 1. The Morgan fingerprint density at radius 2 is 2.22 bits per heavy atom. The van der Waals surface area contributed by atoms with Gasteiger partial charge in [0.05, 0.1) is 6.10 Å². The molecule has 1 aromatic rings. The Hall–Kier alpha value is -1.62. The third kappa shape index (κ3) is 2.79. The van der Waals surface area contributed by atoms with E-state index < -0.39 is 0 Å². The van der Waals surface area contributed by atoms with Gasteiger partial charge in [0, 0.05) is 24.8 Å². The molecule has 1 amide bonds. The van der Waals surface area contributed by atoms with Gasteiger partial charge in [-0.25, -0.2) is 4.98 Å². The van der Waals surface area contributed by atoms with Gasteiger partial charge in [-0.05, 0) is 37.8 Å². The summed E-state index contributed by atoms with van der Waals surface area (Å²) >= 11 is 0. The van der Waals surface area contributed by atoms with Gasteiger partial charge in [-0.3, -0.25) is 4.79 Å². The van der Waals surface area contributed by atoms with Crippen LogP contribution in [0.3, 0.4) is 0 Å². The van der Waals surface area contributed by atoms with Crippen molar-refractivity contribution in [1.82, 2.24) is 9.88 Å². The molecule has 98 valence electrons. The van der Waals surface area contributed by atoms with E-state index in [1.54, 1.807) is 24.1 Å². The highest BCUT2D eigenvalue weighted by atomic mass is 16.3. The maximum absolute atomic E-state index is 12.2.